The van der Waals surface area contributed by atoms with Crippen LogP contribution in [0.1, 0.15) is 69.5 Å². The normalized spacial score (nSPS) is 15.9. The molecular formula is C34H34ClF6N7O3. The van der Waals surface area contributed by atoms with Crippen molar-refractivity contribution in [3.05, 3.63) is 94.9 Å². The van der Waals surface area contributed by atoms with E-state index in [0.717, 1.165) is 17.2 Å². The summed E-state index contributed by atoms with van der Waals surface area (Å²) in [5.41, 5.74) is 3.82. The maximum Gasteiger partial charge on any atom is 0.411 e. The highest BCUT2D eigenvalue weighted by molar-refractivity contribution is 6.32. The number of alkyl carbamates (subject to hydrolysis) is 1. The number of nitrogens with two attached hydrogens (primary N) is 1. The van der Waals surface area contributed by atoms with Crippen LogP contribution in [0.3, 0.4) is 0 Å². The summed E-state index contributed by atoms with van der Waals surface area (Å²) in [7, 11) is 0. The van der Waals surface area contributed by atoms with E-state index in [0.29, 0.717) is 16.8 Å². The standard InChI is InChI=1S/C34H34ClF6N7O3/c1-31(2,3)17-33(42,21-7-4-19(5-8-21)24-11-9-22(36)15-43-24)29(49)46-25(16-51-30(50)47-32(12-13-32)34(39,40)41)20-6-10-23(35)26(14-20)48-28(27(37)38)44-18-45-48/h4-11,14-15,18,25,27H,12-13,16-17,42H2,1-3H3,(H,46,49)(H,47,50)/t25-,33-/m1/s1. The summed E-state index contributed by atoms with van der Waals surface area (Å²) in [4.78, 5) is 34.6. The van der Waals surface area contributed by atoms with E-state index in [1.54, 1.807) is 24.3 Å². The summed E-state index contributed by atoms with van der Waals surface area (Å²) >= 11 is 6.35. The van der Waals surface area contributed by atoms with Gasteiger partial charge in [0, 0.05) is 5.56 Å². The Kier molecular flexibility index (Phi) is 10.4. The fourth-order valence-electron chi connectivity index (χ4n) is 5.63. The molecule has 0 radical (unpaired) electrons. The number of alkyl halides is 5. The number of hydrogen-bond donors (Lipinski definition) is 3. The molecule has 272 valence electrons. The topological polar surface area (TPSA) is 137 Å². The molecule has 1 aliphatic rings. The van der Waals surface area contributed by atoms with Crippen molar-refractivity contribution in [1.29, 1.82) is 0 Å². The highest BCUT2D eigenvalue weighted by atomic mass is 35.5. The Morgan fingerprint density at radius 2 is 1.73 bits per heavy atom. The molecule has 1 aliphatic carbocycles. The number of pyridine rings is 1. The zero-order chi connectivity index (χ0) is 37.4. The second kappa shape index (κ2) is 14.1. The third kappa shape index (κ3) is 8.44. The number of rotatable bonds is 11. The molecule has 0 unspecified atom stereocenters. The first-order valence-electron chi connectivity index (χ1n) is 15.6. The van der Waals surface area contributed by atoms with Crippen LogP contribution in [-0.2, 0) is 15.1 Å². The third-order valence-corrected chi connectivity index (χ3v) is 8.65. The van der Waals surface area contributed by atoms with Crippen LogP contribution in [0.15, 0.2) is 67.1 Å². The molecule has 2 atom stereocenters. The number of ether oxygens (including phenoxy) is 1. The Balaban J connectivity index is 1.49. The molecule has 1 fully saturated rings. The second-order valence-corrected chi connectivity index (χ2v) is 13.9. The highest BCUT2D eigenvalue weighted by Crippen LogP contribution is 2.49. The van der Waals surface area contributed by atoms with Crippen molar-refractivity contribution in [3.63, 3.8) is 0 Å². The molecule has 0 bridgehead atoms. The molecule has 0 spiro atoms. The summed E-state index contributed by atoms with van der Waals surface area (Å²) in [6.45, 7) is 4.90. The van der Waals surface area contributed by atoms with Crippen molar-refractivity contribution in [1.82, 2.24) is 30.4 Å². The van der Waals surface area contributed by atoms with Gasteiger partial charge in [-0.05, 0) is 60.1 Å². The minimum Gasteiger partial charge on any atom is -0.447 e. The Bertz CT molecular complexity index is 1880. The predicted molar refractivity (Wildman–Crippen MR) is 174 cm³/mol. The lowest BCUT2D eigenvalue weighted by Gasteiger charge is -2.36. The number of carbonyl (C=O) groups excluding carboxylic acids is 2. The molecule has 17 heteroatoms. The van der Waals surface area contributed by atoms with Crippen molar-refractivity contribution in [3.8, 4) is 16.9 Å². The number of halogens is 7. The summed E-state index contributed by atoms with van der Waals surface area (Å²) in [5.74, 6) is -1.98. The van der Waals surface area contributed by atoms with E-state index in [1.165, 1.54) is 30.3 Å². The van der Waals surface area contributed by atoms with Crippen LogP contribution in [0.5, 0.6) is 0 Å². The first-order chi connectivity index (χ1) is 23.8. The maximum atomic E-state index is 14.3. The zero-order valence-electron chi connectivity index (χ0n) is 27.6. The van der Waals surface area contributed by atoms with E-state index in [2.05, 4.69) is 20.4 Å². The second-order valence-electron chi connectivity index (χ2n) is 13.5. The maximum absolute atomic E-state index is 14.3. The van der Waals surface area contributed by atoms with Crippen LogP contribution in [-0.4, -0.2) is 50.1 Å². The van der Waals surface area contributed by atoms with Crippen LogP contribution in [0, 0.1) is 11.2 Å². The van der Waals surface area contributed by atoms with Gasteiger partial charge < -0.3 is 21.1 Å². The minimum absolute atomic E-state index is 0.0209. The average Bonchev–Trinajstić information content (AvgIpc) is 3.68. The number of nitrogens with one attached hydrogen (secondary N) is 2. The van der Waals surface area contributed by atoms with Crippen molar-refractivity contribution < 1.29 is 40.7 Å². The molecule has 2 aromatic carbocycles. The van der Waals surface area contributed by atoms with Gasteiger partial charge in [0.15, 0.2) is 5.82 Å². The van der Waals surface area contributed by atoms with Gasteiger partial charge in [-0.1, -0.05) is 62.7 Å². The van der Waals surface area contributed by atoms with Crippen molar-refractivity contribution in [2.24, 2.45) is 11.1 Å². The number of benzene rings is 2. The molecule has 0 saturated heterocycles. The van der Waals surface area contributed by atoms with Gasteiger partial charge >= 0.3 is 12.3 Å². The van der Waals surface area contributed by atoms with E-state index in [4.69, 9.17) is 22.1 Å². The number of hydrogen-bond acceptors (Lipinski definition) is 7. The lowest BCUT2D eigenvalue weighted by atomic mass is 9.75. The minimum atomic E-state index is -4.71. The zero-order valence-corrected chi connectivity index (χ0v) is 28.3. The van der Waals surface area contributed by atoms with Crippen molar-refractivity contribution >= 4 is 23.6 Å². The number of amides is 2. The molecule has 4 N–H and O–H groups in total. The first-order valence-corrected chi connectivity index (χ1v) is 16.0. The summed E-state index contributed by atoms with van der Waals surface area (Å²) in [6, 6.07) is 12.1. The van der Waals surface area contributed by atoms with Crippen LogP contribution >= 0.6 is 11.6 Å². The fourth-order valence-corrected chi connectivity index (χ4v) is 5.83. The lowest BCUT2D eigenvalue weighted by molar-refractivity contribution is -0.164. The molecule has 10 nitrogen and oxygen atoms in total. The van der Waals surface area contributed by atoms with Crippen LogP contribution in [0.2, 0.25) is 5.02 Å². The number of carbonyl (C=O) groups is 2. The molecule has 1 saturated carbocycles. The third-order valence-electron chi connectivity index (χ3n) is 8.33. The summed E-state index contributed by atoms with van der Waals surface area (Å²) < 4.78 is 87.4. The smallest absolute Gasteiger partial charge is 0.411 e. The van der Waals surface area contributed by atoms with Gasteiger partial charge in [0.25, 0.3) is 6.43 Å². The van der Waals surface area contributed by atoms with E-state index in [-0.39, 0.29) is 35.5 Å². The van der Waals surface area contributed by atoms with Gasteiger partial charge in [-0.2, -0.15) is 18.3 Å². The van der Waals surface area contributed by atoms with Crippen LogP contribution in [0.25, 0.3) is 16.9 Å². The molecule has 2 heterocycles. The molecule has 0 aliphatic heterocycles. The molecule has 4 aromatic rings. The van der Waals surface area contributed by atoms with Gasteiger partial charge in [0.05, 0.1) is 28.6 Å². The van der Waals surface area contributed by atoms with E-state index < -0.39 is 65.4 Å². The molecule has 51 heavy (non-hydrogen) atoms. The van der Waals surface area contributed by atoms with Gasteiger partial charge in [0.1, 0.15) is 29.8 Å². The van der Waals surface area contributed by atoms with Gasteiger partial charge in [-0.25, -0.2) is 27.6 Å². The molecule has 2 amide bonds. The largest absolute Gasteiger partial charge is 0.447 e. The first kappa shape index (κ1) is 37.6. The molecular weight excluding hydrogens is 704 g/mol. The lowest BCUT2D eigenvalue weighted by Crippen LogP contribution is -2.54. The number of aromatic nitrogens is 4. The fraction of sp³-hybridized carbons (Fsp3) is 0.382. The monoisotopic (exact) mass is 737 g/mol. The number of nitrogens with zero attached hydrogens (tertiary/aromatic N) is 4. The average molecular weight is 738 g/mol. The highest BCUT2D eigenvalue weighted by Gasteiger charge is 2.64. The molecule has 2 aromatic heterocycles. The van der Waals surface area contributed by atoms with Gasteiger partial charge in [-0.15, -0.1) is 0 Å². The predicted octanol–water partition coefficient (Wildman–Crippen LogP) is 7.33. The Morgan fingerprint density at radius 3 is 2.29 bits per heavy atom. The quantitative estimate of drug-likeness (QED) is 0.137. The Hall–Kier alpha value is -4.70. The van der Waals surface area contributed by atoms with Gasteiger partial charge in [0.2, 0.25) is 5.91 Å². The van der Waals surface area contributed by atoms with Crippen molar-refractivity contribution in [2.75, 3.05) is 6.61 Å². The van der Waals surface area contributed by atoms with E-state index >= 15 is 0 Å². The SMILES string of the molecule is CC(C)(C)C[C@](N)(C(=O)N[C@H](COC(=O)NC1(C(F)(F)F)CC1)c1ccc(Cl)c(-n2ncnc2C(F)F)c1)c1ccc(-c2ccc(F)cn2)cc1. The van der Waals surface area contributed by atoms with E-state index in [9.17, 15) is 35.9 Å². The van der Waals surface area contributed by atoms with Crippen LogP contribution in [0.4, 0.5) is 31.1 Å². The van der Waals surface area contributed by atoms with Gasteiger partial charge in [-0.3, -0.25) is 9.78 Å². The molecule has 5 rings (SSSR count). The van der Waals surface area contributed by atoms with Crippen molar-refractivity contribution in [2.45, 2.75) is 69.8 Å². The van der Waals surface area contributed by atoms with E-state index in [1.807, 2.05) is 26.1 Å². The summed E-state index contributed by atoms with van der Waals surface area (Å²) in [5, 5.41) is 8.44. The van der Waals surface area contributed by atoms with Crippen LogP contribution < -0.4 is 16.4 Å². The summed E-state index contributed by atoms with van der Waals surface area (Å²) in [6.07, 6.45) is -7.71. The Morgan fingerprint density at radius 1 is 1.04 bits per heavy atom. The Labute approximate surface area is 293 Å².